The summed E-state index contributed by atoms with van der Waals surface area (Å²) in [6, 6.07) is 18.0. The van der Waals surface area contributed by atoms with E-state index in [2.05, 4.69) is 16.0 Å². The van der Waals surface area contributed by atoms with Gasteiger partial charge in [0.2, 0.25) is 15.9 Å². The minimum absolute atomic E-state index is 0.0156. The van der Waals surface area contributed by atoms with Gasteiger partial charge in [0.25, 0.3) is 0 Å². The van der Waals surface area contributed by atoms with Crippen LogP contribution < -0.4 is 16.0 Å². The Morgan fingerprint density at radius 3 is 2.44 bits per heavy atom. The molecule has 0 aliphatic carbocycles. The number of sulfonamides is 1. The zero-order valence-electron chi connectivity index (χ0n) is 27.0. The van der Waals surface area contributed by atoms with E-state index in [-0.39, 0.29) is 34.5 Å². The number of piperazine rings is 1. The molecule has 3 N–H and O–H groups in total. The molecule has 258 valence electrons. The highest BCUT2D eigenvalue weighted by atomic mass is 35.5. The number of ether oxygens (including phenoxy) is 2. The van der Waals surface area contributed by atoms with Gasteiger partial charge in [-0.05, 0) is 80.5 Å². The van der Waals surface area contributed by atoms with Gasteiger partial charge in [0.05, 0.1) is 12.0 Å². The van der Waals surface area contributed by atoms with Gasteiger partial charge in [0, 0.05) is 60.6 Å². The molecule has 10 nitrogen and oxygen atoms in total. The van der Waals surface area contributed by atoms with Gasteiger partial charge < -0.3 is 25.4 Å². The first-order valence-corrected chi connectivity index (χ1v) is 18.0. The number of methoxy groups -OCH3 is 1. The quantitative estimate of drug-likeness (QED) is 0.247. The minimum Gasteiger partial charge on any atom is -0.453 e. The third-order valence-corrected chi connectivity index (χ3v) is 11.5. The van der Waals surface area contributed by atoms with Crippen LogP contribution in [-0.2, 0) is 30.7 Å². The van der Waals surface area contributed by atoms with Crippen LogP contribution in [0.2, 0.25) is 5.02 Å². The van der Waals surface area contributed by atoms with E-state index < -0.39 is 45.8 Å². The molecule has 0 radical (unpaired) electrons. The van der Waals surface area contributed by atoms with E-state index in [0.717, 1.165) is 5.56 Å². The summed E-state index contributed by atoms with van der Waals surface area (Å²) in [5, 5.41) is 9.46. The SMILES string of the molecule is COC(=O)N[C@H](C(=O)Nc1cccc(F)c1CC[C@H]1CNC[C@@H](C)N1S(=O)(=O)c1ccccc1)[C@@H](c1ccc(Cl)cc1)C1CCOCC1. The Morgan fingerprint density at radius 1 is 1.04 bits per heavy atom. The maximum Gasteiger partial charge on any atom is 0.407 e. The van der Waals surface area contributed by atoms with Crippen LogP contribution in [0.1, 0.15) is 43.2 Å². The number of hydrogen-bond donors (Lipinski definition) is 3. The monoisotopic (exact) mass is 700 g/mol. The van der Waals surface area contributed by atoms with Crippen molar-refractivity contribution < 1.29 is 31.9 Å². The highest BCUT2D eigenvalue weighted by Crippen LogP contribution is 2.36. The Labute approximate surface area is 286 Å². The molecule has 0 spiro atoms. The molecular weight excluding hydrogens is 659 g/mol. The number of anilines is 1. The number of alkyl carbamates (subject to hydrolysis) is 1. The van der Waals surface area contributed by atoms with Gasteiger partial charge in [0.15, 0.2) is 0 Å². The number of halogens is 2. The van der Waals surface area contributed by atoms with E-state index in [1.165, 1.54) is 23.5 Å². The summed E-state index contributed by atoms with van der Waals surface area (Å²) >= 11 is 6.18. The largest absolute Gasteiger partial charge is 0.453 e. The lowest BCUT2D eigenvalue weighted by molar-refractivity contribution is -0.119. The predicted molar refractivity (Wildman–Crippen MR) is 182 cm³/mol. The number of hydrogen-bond acceptors (Lipinski definition) is 7. The Kier molecular flexibility index (Phi) is 12.1. The molecule has 13 heteroatoms. The first-order valence-electron chi connectivity index (χ1n) is 16.2. The van der Waals surface area contributed by atoms with E-state index in [1.54, 1.807) is 48.5 Å². The molecule has 0 saturated carbocycles. The Balaban J connectivity index is 1.42. The second kappa shape index (κ2) is 16.2. The Bertz CT molecular complexity index is 1660. The molecule has 2 aliphatic rings. The van der Waals surface area contributed by atoms with E-state index >= 15 is 4.39 Å². The van der Waals surface area contributed by atoms with Crippen molar-refractivity contribution in [2.24, 2.45) is 5.92 Å². The van der Waals surface area contributed by atoms with Crippen LogP contribution in [-0.4, -0.2) is 76.3 Å². The number of benzene rings is 3. The van der Waals surface area contributed by atoms with Gasteiger partial charge in [-0.3, -0.25) is 4.79 Å². The molecule has 2 fully saturated rings. The smallest absolute Gasteiger partial charge is 0.407 e. The second-order valence-corrected chi connectivity index (χ2v) is 14.5. The van der Waals surface area contributed by atoms with Gasteiger partial charge >= 0.3 is 6.09 Å². The average molecular weight is 701 g/mol. The summed E-state index contributed by atoms with van der Waals surface area (Å²) in [4.78, 5) is 27.0. The summed E-state index contributed by atoms with van der Waals surface area (Å²) in [6.07, 6.45) is 1.01. The van der Waals surface area contributed by atoms with Gasteiger partial charge in [-0.2, -0.15) is 4.31 Å². The first kappa shape index (κ1) is 35.7. The Hall–Kier alpha value is -3.55. The predicted octanol–water partition coefficient (Wildman–Crippen LogP) is 5.34. The molecule has 2 amide bonds. The van der Waals surface area contributed by atoms with Crippen molar-refractivity contribution >= 4 is 39.3 Å². The fraction of sp³-hybridized carbons (Fsp3) is 0.429. The molecule has 2 saturated heterocycles. The lowest BCUT2D eigenvalue weighted by Crippen LogP contribution is -2.58. The van der Waals surface area contributed by atoms with Crippen molar-refractivity contribution in [3.05, 3.63) is 94.8 Å². The fourth-order valence-corrected chi connectivity index (χ4v) is 8.82. The molecule has 3 aromatic carbocycles. The number of amides is 2. The third-order valence-electron chi connectivity index (χ3n) is 9.17. The molecule has 48 heavy (non-hydrogen) atoms. The maximum atomic E-state index is 15.5. The van der Waals surface area contributed by atoms with Crippen LogP contribution in [0, 0.1) is 11.7 Å². The summed E-state index contributed by atoms with van der Waals surface area (Å²) < 4.78 is 55.0. The van der Waals surface area contributed by atoms with Crippen LogP contribution in [0.3, 0.4) is 0 Å². The van der Waals surface area contributed by atoms with Gasteiger partial charge in [0.1, 0.15) is 11.9 Å². The summed E-state index contributed by atoms with van der Waals surface area (Å²) in [7, 11) is -2.59. The van der Waals surface area contributed by atoms with Crippen molar-refractivity contribution in [2.75, 3.05) is 38.7 Å². The molecule has 0 aromatic heterocycles. The van der Waals surface area contributed by atoms with E-state index in [0.29, 0.717) is 50.6 Å². The van der Waals surface area contributed by atoms with E-state index in [9.17, 15) is 18.0 Å². The highest BCUT2D eigenvalue weighted by Gasteiger charge is 2.39. The van der Waals surface area contributed by atoms with E-state index in [4.69, 9.17) is 21.1 Å². The number of carbonyl (C=O) groups is 2. The van der Waals surface area contributed by atoms with Crippen LogP contribution in [0.4, 0.5) is 14.9 Å². The number of carbonyl (C=O) groups excluding carboxylic acids is 2. The molecule has 2 aliphatic heterocycles. The molecular formula is C35H42ClFN4O6S. The van der Waals surface area contributed by atoms with Gasteiger partial charge in [-0.25, -0.2) is 17.6 Å². The van der Waals surface area contributed by atoms with E-state index in [1.807, 2.05) is 19.1 Å². The fourth-order valence-electron chi connectivity index (χ4n) is 6.83. The van der Waals surface area contributed by atoms with Crippen molar-refractivity contribution in [3.63, 3.8) is 0 Å². The minimum atomic E-state index is -3.82. The second-order valence-electron chi connectivity index (χ2n) is 12.2. The number of rotatable bonds is 11. The van der Waals surface area contributed by atoms with Crippen molar-refractivity contribution in [1.82, 2.24) is 14.9 Å². The van der Waals surface area contributed by atoms with Crippen molar-refractivity contribution in [2.45, 2.75) is 61.5 Å². The number of nitrogens with zero attached hydrogens (tertiary/aromatic N) is 1. The lowest BCUT2D eigenvalue weighted by atomic mass is 9.76. The zero-order chi connectivity index (χ0) is 34.3. The van der Waals surface area contributed by atoms with Crippen molar-refractivity contribution in [1.29, 1.82) is 0 Å². The molecule has 4 atom stereocenters. The first-order chi connectivity index (χ1) is 23.1. The molecule has 2 heterocycles. The molecule has 0 bridgehead atoms. The molecule has 5 rings (SSSR count). The topological polar surface area (TPSA) is 126 Å². The average Bonchev–Trinajstić information content (AvgIpc) is 3.09. The zero-order valence-corrected chi connectivity index (χ0v) is 28.6. The van der Waals surface area contributed by atoms with Gasteiger partial charge in [-0.1, -0.05) is 48.0 Å². The number of nitrogens with one attached hydrogen (secondary N) is 3. The van der Waals surface area contributed by atoms with Crippen LogP contribution in [0.25, 0.3) is 0 Å². The normalized spacial score (nSPS) is 20.4. The summed E-state index contributed by atoms with van der Waals surface area (Å²) in [5.74, 6) is -1.55. The molecule has 3 aromatic rings. The molecule has 0 unspecified atom stereocenters. The summed E-state index contributed by atoms with van der Waals surface area (Å²) in [5.41, 5.74) is 1.29. The highest BCUT2D eigenvalue weighted by molar-refractivity contribution is 7.89. The van der Waals surface area contributed by atoms with Crippen LogP contribution in [0.15, 0.2) is 77.7 Å². The standard InChI is InChI=1S/C35H42ClFN4O6S/c1-23-21-38-22-27(41(23)48(44,45)28-7-4-3-5-8-28)15-16-29-30(37)9-6-10-31(29)39-34(42)33(40-35(43)46-2)32(25-17-19-47-20-18-25)24-11-13-26(36)14-12-24/h3-14,23,25,27,32-33,38H,15-22H2,1-2H3,(H,39,42)(H,40,43)/t23-,27+,32+,33+/m1/s1. The van der Waals surface area contributed by atoms with Crippen LogP contribution in [0.5, 0.6) is 0 Å². The Morgan fingerprint density at radius 2 is 1.75 bits per heavy atom. The maximum absolute atomic E-state index is 15.5. The third kappa shape index (κ3) is 8.35. The van der Waals surface area contributed by atoms with Crippen LogP contribution >= 0.6 is 11.6 Å². The summed E-state index contributed by atoms with van der Waals surface area (Å²) in [6.45, 7) is 3.76. The van der Waals surface area contributed by atoms with Crippen molar-refractivity contribution in [3.8, 4) is 0 Å². The lowest BCUT2D eigenvalue weighted by Gasteiger charge is -2.40. The van der Waals surface area contributed by atoms with Gasteiger partial charge in [-0.15, -0.1) is 0 Å².